The topological polar surface area (TPSA) is 75.6 Å². The summed E-state index contributed by atoms with van der Waals surface area (Å²) in [5.41, 5.74) is 0.420. The van der Waals surface area contributed by atoms with Gasteiger partial charge in [0.1, 0.15) is 5.75 Å². The molecule has 1 unspecified atom stereocenters. The molecule has 1 atom stereocenters. The average Bonchev–Trinajstić information content (AvgIpc) is 2.54. The lowest BCUT2D eigenvalue weighted by atomic mass is 9.97. The van der Waals surface area contributed by atoms with Crippen LogP contribution < -0.4 is 10.1 Å². The highest BCUT2D eigenvalue weighted by Gasteiger charge is 2.30. The van der Waals surface area contributed by atoms with E-state index in [1.165, 1.54) is 0 Å². The summed E-state index contributed by atoms with van der Waals surface area (Å²) in [5, 5.41) is 12.2. The molecule has 0 saturated carbocycles. The largest absolute Gasteiger partial charge is 0.481 e. The van der Waals surface area contributed by atoms with E-state index in [0.29, 0.717) is 16.5 Å². The molecule has 2 aromatic carbocycles. The van der Waals surface area contributed by atoms with Crippen LogP contribution in [0.1, 0.15) is 38.7 Å². The van der Waals surface area contributed by atoms with Crippen molar-refractivity contribution in [2.24, 2.45) is 0 Å². The van der Waals surface area contributed by atoms with Crippen LogP contribution in [-0.4, -0.2) is 22.6 Å². The maximum Gasteiger partial charge on any atom is 0.303 e. The van der Waals surface area contributed by atoms with Crippen molar-refractivity contribution in [3.05, 3.63) is 59.1 Å². The first-order valence-corrected chi connectivity index (χ1v) is 8.63. The Morgan fingerprint density at radius 3 is 2.42 bits per heavy atom. The standard InChI is InChI=1S/C20H22ClNO4/c1-13(11-18(23)24)14-7-9-16(10-8-14)22-19(25)20(2,3)26-17-6-4-5-15(21)12-17/h4-10,12-13H,11H2,1-3H3,(H,22,25)(H,23,24). The molecular formula is C20H22ClNO4. The van der Waals surface area contributed by atoms with Crippen LogP contribution in [0.15, 0.2) is 48.5 Å². The van der Waals surface area contributed by atoms with E-state index in [9.17, 15) is 9.59 Å². The second-order valence-corrected chi connectivity index (χ2v) is 7.08. The third-order valence-electron chi connectivity index (χ3n) is 3.93. The smallest absolute Gasteiger partial charge is 0.303 e. The molecule has 0 aromatic heterocycles. The summed E-state index contributed by atoms with van der Waals surface area (Å²) >= 11 is 5.94. The number of carboxylic acid groups (broad SMARTS) is 1. The molecule has 1 amide bonds. The summed E-state index contributed by atoms with van der Waals surface area (Å²) in [7, 11) is 0. The Kier molecular flexibility index (Phi) is 6.27. The zero-order valence-corrected chi connectivity index (χ0v) is 15.7. The van der Waals surface area contributed by atoms with E-state index < -0.39 is 11.6 Å². The van der Waals surface area contributed by atoms with Crippen molar-refractivity contribution in [3.8, 4) is 5.75 Å². The number of aliphatic carboxylic acids is 1. The van der Waals surface area contributed by atoms with Gasteiger partial charge in [-0.3, -0.25) is 9.59 Å². The van der Waals surface area contributed by atoms with E-state index in [4.69, 9.17) is 21.4 Å². The number of hydrogen-bond donors (Lipinski definition) is 2. The van der Waals surface area contributed by atoms with Crippen molar-refractivity contribution >= 4 is 29.2 Å². The fourth-order valence-corrected chi connectivity index (χ4v) is 2.61. The Bertz CT molecular complexity index is 787. The minimum Gasteiger partial charge on any atom is -0.481 e. The first-order chi connectivity index (χ1) is 12.2. The molecule has 0 aliphatic heterocycles. The molecule has 26 heavy (non-hydrogen) atoms. The molecule has 0 bridgehead atoms. The van der Waals surface area contributed by atoms with Gasteiger partial charge in [0, 0.05) is 10.7 Å². The summed E-state index contributed by atoms with van der Waals surface area (Å²) in [6, 6.07) is 14.0. The van der Waals surface area contributed by atoms with Gasteiger partial charge in [0.05, 0.1) is 6.42 Å². The van der Waals surface area contributed by atoms with Gasteiger partial charge >= 0.3 is 5.97 Å². The zero-order chi connectivity index (χ0) is 19.3. The second kappa shape index (κ2) is 8.23. The van der Waals surface area contributed by atoms with E-state index in [1.54, 1.807) is 50.2 Å². The minimum absolute atomic E-state index is 0.0617. The third kappa shape index (κ3) is 5.49. The van der Waals surface area contributed by atoms with Gasteiger partial charge in [-0.05, 0) is 55.7 Å². The third-order valence-corrected chi connectivity index (χ3v) is 4.17. The van der Waals surface area contributed by atoms with Crippen LogP contribution in [0.5, 0.6) is 5.75 Å². The number of anilines is 1. The monoisotopic (exact) mass is 375 g/mol. The second-order valence-electron chi connectivity index (χ2n) is 6.64. The molecule has 2 aromatic rings. The number of benzene rings is 2. The molecule has 138 valence electrons. The SMILES string of the molecule is CC(CC(=O)O)c1ccc(NC(=O)C(C)(C)Oc2cccc(Cl)c2)cc1. The number of halogens is 1. The van der Waals surface area contributed by atoms with E-state index >= 15 is 0 Å². The van der Waals surface area contributed by atoms with Crippen LogP contribution in [-0.2, 0) is 9.59 Å². The summed E-state index contributed by atoms with van der Waals surface area (Å²) in [6.45, 7) is 5.20. The Morgan fingerprint density at radius 2 is 1.85 bits per heavy atom. The lowest BCUT2D eigenvalue weighted by Crippen LogP contribution is -2.42. The van der Waals surface area contributed by atoms with Gasteiger partial charge in [-0.25, -0.2) is 0 Å². The molecule has 0 spiro atoms. The fourth-order valence-electron chi connectivity index (χ4n) is 2.43. The van der Waals surface area contributed by atoms with Crippen LogP contribution >= 0.6 is 11.6 Å². The lowest BCUT2D eigenvalue weighted by Gasteiger charge is -2.25. The highest BCUT2D eigenvalue weighted by molar-refractivity contribution is 6.30. The van der Waals surface area contributed by atoms with Crippen molar-refractivity contribution in [2.45, 2.75) is 38.7 Å². The van der Waals surface area contributed by atoms with Crippen LogP contribution in [0.3, 0.4) is 0 Å². The normalized spacial score (nSPS) is 12.3. The van der Waals surface area contributed by atoms with E-state index in [-0.39, 0.29) is 18.2 Å². The maximum atomic E-state index is 12.5. The van der Waals surface area contributed by atoms with Gasteiger partial charge < -0.3 is 15.2 Å². The first-order valence-electron chi connectivity index (χ1n) is 8.25. The molecule has 2 rings (SSSR count). The van der Waals surface area contributed by atoms with Crippen molar-refractivity contribution in [1.82, 2.24) is 0 Å². The van der Waals surface area contributed by atoms with Crippen molar-refractivity contribution < 1.29 is 19.4 Å². The quantitative estimate of drug-likeness (QED) is 0.734. The number of ether oxygens (including phenoxy) is 1. The van der Waals surface area contributed by atoms with Gasteiger partial charge in [0.25, 0.3) is 5.91 Å². The molecular weight excluding hydrogens is 354 g/mol. The number of carboxylic acids is 1. The molecule has 0 radical (unpaired) electrons. The molecule has 2 N–H and O–H groups in total. The summed E-state index contributed by atoms with van der Waals surface area (Å²) in [4.78, 5) is 23.3. The molecule has 0 fully saturated rings. The van der Waals surface area contributed by atoms with Crippen LogP contribution in [0.4, 0.5) is 5.69 Å². The van der Waals surface area contributed by atoms with Gasteiger partial charge in [-0.1, -0.05) is 36.7 Å². The van der Waals surface area contributed by atoms with Crippen molar-refractivity contribution in [1.29, 1.82) is 0 Å². The number of rotatable bonds is 7. The molecule has 0 heterocycles. The number of carbonyl (C=O) groups excluding carboxylic acids is 1. The van der Waals surface area contributed by atoms with Crippen molar-refractivity contribution in [3.63, 3.8) is 0 Å². The Balaban J connectivity index is 2.02. The molecule has 6 heteroatoms. The van der Waals surface area contributed by atoms with E-state index in [0.717, 1.165) is 5.56 Å². The molecule has 0 aliphatic rings. The van der Waals surface area contributed by atoms with E-state index in [1.807, 2.05) is 19.1 Å². The average molecular weight is 376 g/mol. The van der Waals surface area contributed by atoms with Gasteiger partial charge in [0.2, 0.25) is 0 Å². The fraction of sp³-hybridized carbons (Fsp3) is 0.300. The summed E-state index contributed by atoms with van der Waals surface area (Å²) in [5.74, 6) is -0.728. The Labute approximate surface area is 157 Å². The molecule has 0 saturated heterocycles. The van der Waals surface area contributed by atoms with Gasteiger partial charge in [0.15, 0.2) is 5.60 Å². The summed E-state index contributed by atoms with van der Waals surface area (Å²) < 4.78 is 5.76. The highest BCUT2D eigenvalue weighted by atomic mass is 35.5. The van der Waals surface area contributed by atoms with Crippen LogP contribution in [0.2, 0.25) is 5.02 Å². The first kappa shape index (κ1) is 19.8. The van der Waals surface area contributed by atoms with Crippen LogP contribution in [0, 0.1) is 0 Å². The van der Waals surface area contributed by atoms with Crippen LogP contribution in [0.25, 0.3) is 0 Å². The van der Waals surface area contributed by atoms with Gasteiger partial charge in [-0.15, -0.1) is 0 Å². The predicted octanol–water partition coefficient (Wildman–Crippen LogP) is 4.71. The summed E-state index contributed by atoms with van der Waals surface area (Å²) in [6.07, 6.45) is 0.0617. The molecule has 0 aliphatic carbocycles. The van der Waals surface area contributed by atoms with Crippen molar-refractivity contribution in [2.75, 3.05) is 5.32 Å². The number of amides is 1. The van der Waals surface area contributed by atoms with Gasteiger partial charge in [-0.2, -0.15) is 0 Å². The Hall–Kier alpha value is -2.53. The predicted molar refractivity (Wildman–Crippen MR) is 102 cm³/mol. The Morgan fingerprint density at radius 1 is 1.19 bits per heavy atom. The number of hydrogen-bond acceptors (Lipinski definition) is 3. The maximum absolute atomic E-state index is 12.5. The minimum atomic E-state index is -1.10. The highest BCUT2D eigenvalue weighted by Crippen LogP contribution is 2.24. The number of carbonyl (C=O) groups is 2. The lowest BCUT2D eigenvalue weighted by molar-refractivity contribution is -0.137. The molecule has 5 nitrogen and oxygen atoms in total. The number of nitrogens with one attached hydrogen (secondary N) is 1. The zero-order valence-electron chi connectivity index (χ0n) is 15.0. The van der Waals surface area contributed by atoms with E-state index in [2.05, 4.69) is 5.32 Å².